The van der Waals surface area contributed by atoms with E-state index < -0.39 is 5.25 Å². The second-order valence-corrected chi connectivity index (χ2v) is 6.75. The summed E-state index contributed by atoms with van der Waals surface area (Å²) in [5.74, 6) is -0.405. The lowest BCUT2D eigenvalue weighted by atomic mass is 10.2. The lowest BCUT2D eigenvalue weighted by molar-refractivity contribution is -0.122. The van der Waals surface area contributed by atoms with Crippen LogP contribution in [-0.2, 0) is 9.59 Å². The molecule has 2 aromatic rings. The first kappa shape index (κ1) is 17.0. The number of benzene rings is 2. The Hall–Kier alpha value is -2.80. The van der Waals surface area contributed by atoms with Gasteiger partial charge in [0.25, 0.3) is 0 Å². The number of nitrogens with one attached hydrogen (secondary N) is 3. The number of amides is 2. The van der Waals surface area contributed by atoms with E-state index in [2.05, 4.69) is 21.2 Å². The molecule has 0 unspecified atom stereocenters. The number of rotatable bonds is 5. The zero-order valence-corrected chi connectivity index (χ0v) is 14.5. The van der Waals surface area contributed by atoms with Gasteiger partial charge >= 0.3 is 0 Å². The van der Waals surface area contributed by atoms with Crippen LogP contribution in [0.15, 0.2) is 59.7 Å². The molecule has 2 amide bonds. The first-order valence-corrected chi connectivity index (χ1v) is 8.71. The summed E-state index contributed by atoms with van der Waals surface area (Å²) in [6.07, 6.45) is 0.0925. The highest BCUT2D eigenvalue weighted by Gasteiger charge is 2.32. The lowest BCUT2D eigenvalue weighted by Gasteiger charge is -2.09. The number of anilines is 2. The molecule has 0 spiro atoms. The Morgan fingerprint density at radius 1 is 1.16 bits per heavy atom. The van der Waals surface area contributed by atoms with Gasteiger partial charge in [-0.15, -0.1) is 5.10 Å². The highest BCUT2D eigenvalue weighted by Crippen LogP contribution is 2.23. The Kier molecular flexibility index (Phi) is 5.35. The SMILES string of the molecule is Cc1ccccc1NC(=O)C[C@H]1S/C(=N/Nc2ccccc2)NC1=O. The summed E-state index contributed by atoms with van der Waals surface area (Å²) in [5, 5.41) is 9.67. The first-order valence-electron chi connectivity index (χ1n) is 7.83. The quantitative estimate of drug-likeness (QED) is 0.721. The molecule has 7 heteroatoms. The average Bonchev–Trinajstić information content (AvgIpc) is 2.96. The summed E-state index contributed by atoms with van der Waals surface area (Å²) in [5.41, 5.74) is 5.44. The molecule has 3 N–H and O–H groups in total. The van der Waals surface area contributed by atoms with Crippen LogP contribution in [0.2, 0.25) is 0 Å². The van der Waals surface area contributed by atoms with Gasteiger partial charge in [-0.05, 0) is 30.7 Å². The molecule has 6 nitrogen and oxygen atoms in total. The smallest absolute Gasteiger partial charge is 0.240 e. The maximum Gasteiger partial charge on any atom is 0.240 e. The van der Waals surface area contributed by atoms with E-state index in [9.17, 15) is 9.59 Å². The molecule has 25 heavy (non-hydrogen) atoms. The number of nitrogens with zero attached hydrogens (tertiary/aromatic N) is 1. The summed E-state index contributed by atoms with van der Waals surface area (Å²) in [7, 11) is 0. The number of aryl methyl sites for hydroxylation is 1. The number of para-hydroxylation sites is 2. The van der Waals surface area contributed by atoms with E-state index in [4.69, 9.17) is 0 Å². The molecule has 1 aliphatic heterocycles. The molecule has 128 valence electrons. The predicted octanol–water partition coefficient (Wildman–Crippen LogP) is 2.94. The Morgan fingerprint density at radius 2 is 1.88 bits per heavy atom. The average molecular weight is 354 g/mol. The molecule has 0 bridgehead atoms. The van der Waals surface area contributed by atoms with Crippen molar-refractivity contribution in [3.63, 3.8) is 0 Å². The van der Waals surface area contributed by atoms with Crippen molar-refractivity contribution < 1.29 is 9.59 Å². The van der Waals surface area contributed by atoms with Gasteiger partial charge in [-0.25, -0.2) is 0 Å². The van der Waals surface area contributed by atoms with Crippen molar-refractivity contribution in [1.29, 1.82) is 0 Å². The van der Waals surface area contributed by atoms with Crippen LogP contribution >= 0.6 is 11.8 Å². The van der Waals surface area contributed by atoms with Crippen LogP contribution in [0, 0.1) is 6.92 Å². The normalized spacial score (nSPS) is 18.0. The van der Waals surface area contributed by atoms with Gasteiger partial charge in [0.2, 0.25) is 11.8 Å². The second-order valence-electron chi connectivity index (χ2n) is 5.56. The third-order valence-electron chi connectivity index (χ3n) is 3.63. The molecule has 1 saturated heterocycles. The third kappa shape index (κ3) is 4.60. The molecular formula is C18H18N4O2S. The summed E-state index contributed by atoms with van der Waals surface area (Å²) < 4.78 is 0. The number of hydrogen-bond acceptors (Lipinski definition) is 5. The third-order valence-corrected chi connectivity index (χ3v) is 4.71. The molecule has 0 radical (unpaired) electrons. The van der Waals surface area contributed by atoms with E-state index >= 15 is 0 Å². The van der Waals surface area contributed by atoms with Crippen LogP contribution in [-0.4, -0.2) is 22.2 Å². The van der Waals surface area contributed by atoms with Crippen LogP contribution in [0.1, 0.15) is 12.0 Å². The number of carbonyl (C=O) groups excluding carboxylic acids is 2. The number of hydrazone groups is 1. The highest BCUT2D eigenvalue weighted by atomic mass is 32.2. The van der Waals surface area contributed by atoms with Gasteiger partial charge < -0.3 is 10.6 Å². The Labute approximate surface area is 150 Å². The minimum absolute atomic E-state index is 0.0925. The maximum absolute atomic E-state index is 12.2. The van der Waals surface area contributed by atoms with Crippen LogP contribution in [0.4, 0.5) is 11.4 Å². The molecule has 1 atom stereocenters. The van der Waals surface area contributed by atoms with Crippen molar-refractivity contribution in [3.05, 3.63) is 60.2 Å². The van der Waals surface area contributed by atoms with E-state index in [-0.39, 0.29) is 18.2 Å². The molecule has 0 saturated carbocycles. The molecular weight excluding hydrogens is 336 g/mol. The van der Waals surface area contributed by atoms with E-state index in [1.54, 1.807) is 0 Å². The van der Waals surface area contributed by atoms with Gasteiger partial charge in [0.15, 0.2) is 5.17 Å². The number of carbonyl (C=O) groups is 2. The highest BCUT2D eigenvalue weighted by molar-refractivity contribution is 8.15. The van der Waals surface area contributed by atoms with Crippen molar-refractivity contribution in [2.45, 2.75) is 18.6 Å². The fourth-order valence-electron chi connectivity index (χ4n) is 2.30. The molecule has 3 rings (SSSR count). The van der Waals surface area contributed by atoms with Gasteiger partial charge in [0.1, 0.15) is 5.25 Å². The summed E-state index contributed by atoms with van der Waals surface area (Å²) in [6, 6.07) is 17.0. The van der Waals surface area contributed by atoms with E-state index in [1.807, 2.05) is 61.5 Å². The molecule has 1 fully saturated rings. The van der Waals surface area contributed by atoms with Crippen molar-refractivity contribution in [2.24, 2.45) is 5.10 Å². The largest absolute Gasteiger partial charge is 0.326 e. The monoisotopic (exact) mass is 354 g/mol. The fourth-order valence-corrected chi connectivity index (χ4v) is 3.23. The molecule has 1 heterocycles. The zero-order valence-electron chi connectivity index (χ0n) is 13.7. The van der Waals surface area contributed by atoms with E-state index in [0.29, 0.717) is 5.17 Å². The zero-order chi connectivity index (χ0) is 17.6. The molecule has 0 aromatic heterocycles. The Morgan fingerprint density at radius 3 is 2.64 bits per heavy atom. The topological polar surface area (TPSA) is 82.6 Å². The second kappa shape index (κ2) is 7.85. The number of thioether (sulfide) groups is 1. The van der Waals surface area contributed by atoms with Crippen molar-refractivity contribution in [2.75, 3.05) is 10.7 Å². The first-order chi connectivity index (χ1) is 12.1. The van der Waals surface area contributed by atoms with Crippen LogP contribution in [0.25, 0.3) is 0 Å². The van der Waals surface area contributed by atoms with Crippen molar-refractivity contribution in [1.82, 2.24) is 5.32 Å². The van der Waals surface area contributed by atoms with Crippen LogP contribution < -0.4 is 16.1 Å². The van der Waals surface area contributed by atoms with Gasteiger partial charge in [-0.1, -0.05) is 48.2 Å². The lowest BCUT2D eigenvalue weighted by Crippen LogP contribution is -2.28. The maximum atomic E-state index is 12.2. The molecule has 2 aromatic carbocycles. The predicted molar refractivity (Wildman–Crippen MR) is 101 cm³/mol. The summed E-state index contributed by atoms with van der Waals surface area (Å²) >= 11 is 1.25. The minimum Gasteiger partial charge on any atom is -0.326 e. The minimum atomic E-state index is -0.486. The van der Waals surface area contributed by atoms with E-state index in [0.717, 1.165) is 16.9 Å². The standard InChI is InChI=1S/C18H18N4O2S/c1-12-7-5-6-10-14(12)19-16(23)11-15-17(24)20-18(25-15)22-21-13-8-3-2-4-9-13/h2-10,15,21H,11H2,1H3,(H,19,23)(H,20,22,24)/t15-/m1/s1. The van der Waals surface area contributed by atoms with Gasteiger partial charge in [0, 0.05) is 12.1 Å². The summed E-state index contributed by atoms with van der Waals surface area (Å²) in [6.45, 7) is 1.92. The van der Waals surface area contributed by atoms with Gasteiger partial charge in [-0.3, -0.25) is 15.0 Å². The summed E-state index contributed by atoms with van der Waals surface area (Å²) in [4.78, 5) is 24.2. The van der Waals surface area contributed by atoms with Crippen molar-refractivity contribution >= 4 is 40.1 Å². The number of amidine groups is 1. The fraction of sp³-hybridized carbons (Fsp3) is 0.167. The van der Waals surface area contributed by atoms with Crippen LogP contribution in [0.5, 0.6) is 0 Å². The van der Waals surface area contributed by atoms with Crippen LogP contribution in [0.3, 0.4) is 0 Å². The molecule has 1 aliphatic rings. The molecule has 0 aliphatic carbocycles. The van der Waals surface area contributed by atoms with E-state index in [1.165, 1.54) is 11.8 Å². The van der Waals surface area contributed by atoms with Crippen molar-refractivity contribution in [3.8, 4) is 0 Å². The Bertz CT molecular complexity index is 808. The van der Waals surface area contributed by atoms with Gasteiger partial charge in [0.05, 0.1) is 5.69 Å². The number of hydrogen-bond donors (Lipinski definition) is 3. The Balaban J connectivity index is 1.56. The van der Waals surface area contributed by atoms with Gasteiger partial charge in [-0.2, -0.15) is 0 Å².